The SMILES string of the molecule is O=C(CCCCO)C(=O)C(Cl)Cl. The molecule has 0 aliphatic carbocycles. The van der Waals surface area contributed by atoms with E-state index in [1.54, 1.807) is 0 Å². The van der Waals surface area contributed by atoms with Crippen molar-refractivity contribution in [1.82, 2.24) is 0 Å². The summed E-state index contributed by atoms with van der Waals surface area (Å²) in [7, 11) is 0. The van der Waals surface area contributed by atoms with Crippen molar-refractivity contribution >= 4 is 34.8 Å². The molecule has 0 bridgehead atoms. The minimum atomic E-state index is -1.26. The topological polar surface area (TPSA) is 54.4 Å². The lowest BCUT2D eigenvalue weighted by molar-refractivity contribution is -0.135. The fourth-order valence-electron chi connectivity index (χ4n) is 0.642. The molecule has 12 heavy (non-hydrogen) atoms. The van der Waals surface area contributed by atoms with E-state index >= 15 is 0 Å². The highest BCUT2D eigenvalue weighted by atomic mass is 35.5. The molecule has 0 aromatic carbocycles. The predicted molar refractivity (Wildman–Crippen MR) is 46.4 cm³/mol. The Morgan fingerprint density at radius 1 is 1.25 bits per heavy atom. The molecule has 0 saturated carbocycles. The monoisotopic (exact) mass is 212 g/mol. The summed E-state index contributed by atoms with van der Waals surface area (Å²) >= 11 is 10.4. The van der Waals surface area contributed by atoms with Crippen LogP contribution in [0.5, 0.6) is 0 Å². The highest BCUT2D eigenvalue weighted by Crippen LogP contribution is 2.06. The highest BCUT2D eigenvalue weighted by Gasteiger charge is 2.19. The number of halogens is 2. The zero-order valence-electron chi connectivity index (χ0n) is 6.43. The van der Waals surface area contributed by atoms with E-state index in [4.69, 9.17) is 28.3 Å². The minimum absolute atomic E-state index is 0.0205. The van der Waals surface area contributed by atoms with Crippen molar-refractivity contribution in [2.45, 2.75) is 24.1 Å². The normalized spacial score (nSPS) is 10.3. The van der Waals surface area contributed by atoms with Crippen LogP contribution in [0, 0.1) is 0 Å². The molecule has 3 nitrogen and oxygen atoms in total. The summed E-state index contributed by atoms with van der Waals surface area (Å²) in [6.45, 7) is 0.0205. The number of rotatable bonds is 6. The first-order valence-electron chi connectivity index (χ1n) is 3.55. The number of aliphatic hydroxyl groups excluding tert-OH is 1. The summed E-state index contributed by atoms with van der Waals surface area (Å²) in [5, 5.41) is 8.38. The summed E-state index contributed by atoms with van der Waals surface area (Å²) in [6.07, 6.45) is 1.10. The Morgan fingerprint density at radius 2 is 1.83 bits per heavy atom. The van der Waals surface area contributed by atoms with Crippen molar-refractivity contribution in [2.75, 3.05) is 6.61 Å². The van der Waals surface area contributed by atoms with Gasteiger partial charge in [-0.05, 0) is 12.8 Å². The van der Waals surface area contributed by atoms with Gasteiger partial charge in [-0.1, -0.05) is 23.2 Å². The molecule has 0 heterocycles. The Balaban J connectivity index is 3.65. The van der Waals surface area contributed by atoms with E-state index in [0.717, 1.165) is 0 Å². The van der Waals surface area contributed by atoms with Crippen molar-refractivity contribution in [3.05, 3.63) is 0 Å². The van der Waals surface area contributed by atoms with Gasteiger partial charge in [0.15, 0.2) is 4.84 Å². The van der Waals surface area contributed by atoms with E-state index in [0.29, 0.717) is 12.8 Å². The molecule has 70 valence electrons. The second-order valence-corrected chi connectivity index (χ2v) is 3.37. The quantitative estimate of drug-likeness (QED) is 0.408. The molecule has 0 rings (SSSR count). The maximum atomic E-state index is 10.9. The molecule has 0 amide bonds. The Morgan fingerprint density at radius 3 is 2.25 bits per heavy atom. The van der Waals surface area contributed by atoms with Gasteiger partial charge in [0.05, 0.1) is 0 Å². The third-order valence-corrected chi connectivity index (χ3v) is 1.68. The summed E-state index contributed by atoms with van der Waals surface area (Å²) in [4.78, 5) is 20.4. The second kappa shape index (κ2) is 6.40. The Labute approximate surface area is 80.7 Å². The first-order chi connectivity index (χ1) is 5.59. The largest absolute Gasteiger partial charge is 0.396 e. The van der Waals surface area contributed by atoms with E-state index in [-0.39, 0.29) is 13.0 Å². The lowest BCUT2D eigenvalue weighted by Crippen LogP contribution is -2.20. The van der Waals surface area contributed by atoms with Crippen LogP contribution >= 0.6 is 23.2 Å². The van der Waals surface area contributed by atoms with Crippen molar-refractivity contribution in [2.24, 2.45) is 0 Å². The van der Waals surface area contributed by atoms with Crippen LogP contribution in [0.25, 0.3) is 0 Å². The second-order valence-electron chi connectivity index (χ2n) is 2.27. The van der Waals surface area contributed by atoms with E-state index < -0.39 is 16.4 Å². The van der Waals surface area contributed by atoms with Crippen LogP contribution < -0.4 is 0 Å². The van der Waals surface area contributed by atoms with Gasteiger partial charge >= 0.3 is 0 Å². The number of aliphatic hydroxyl groups is 1. The molecule has 0 unspecified atom stereocenters. The zero-order chi connectivity index (χ0) is 9.56. The van der Waals surface area contributed by atoms with E-state index in [1.807, 2.05) is 0 Å². The number of alkyl halides is 2. The van der Waals surface area contributed by atoms with Crippen molar-refractivity contribution < 1.29 is 14.7 Å². The van der Waals surface area contributed by atoms with Crippen LogP contribution in [0.1, 0.15) is 19.3 Å². The smallest absolute Gasteiger partial charge is 0.231 e. The molecule has 0 fully saturated rings. The Hall–Kier alpha value is -0.120. The summed E-state index contributed by atoms with van der Waals surface area (Å²) < 4.78 is 0. The fourth-order valence-corrected chi connectivity index (χ4v) is 0.886. The molecule has 5 heteroatoms. The standard InChI is InChI=1S/C7H10Cl2O3/c8-7(9)6(12)5(11)3-1-2-4-10/h7,10H,1-4H2. The van der Waals surface area contributed by atoms with Gasteiger partial charge in [0.1, 0.15) is 0 Å². The molecule has 0 aliphatic rings. The van der Waals surface area contributed by atoms with Crippen LogP contribution in [0.4, 0.5) is 0 Å². The lowest BCUT2D eigenvalue weighted by atomic mass is 10.1. The zero-order valence-corrected chi connectivity index (χ0v) is 7.94. The number of ketones is 2. The molecule has 0 radical (unpaired) electrons. The molecule has 1 N–H and O–H groups in total. The molecule has 0 aromatic rings. The minimum Gasteiger partial charge on any atom is -0.396 e. The Kier molecular flexibility index (Phi) is 6.34. The van der Waals surface area contributed by atoms with Crippen LogP contribution in [0.2, 0.25) is 0 Å². The van der Waals surface area contributed by atoms with Crippen LogP contribution in [0.3, 0.4) is 0 Å². The van der Waals surface area contributed by atoms with Crippen molar-refractivity contribution in [3.8, 4) is 0 Å². The lowest BCUT2D eigenvalue weighted by Gasteiger charge is -1.98. The van der Waals surface area contributed by atoms with Crippen LogP contribution in [0.15, 0.2) is 0 Å². The molecular weight excluding hydrogens is 203 g/mol. The fraction of sp³-hybridized carbons (Fsp3) is 0.714. The van der Waals surface area contributed by atoms with Gasteiger partial charge in [-0.25, -0.2) is 0 Å². The predicted octanol–water partition coefficient (Wildman–Crippen LogP) is 1.09. The van der Waals surface area contributed by atoms with Gasteiger partial charge in [0.2, 0.25) is 11.6 Å². The first kappa shape index (κ1) is 11.9. The maximum Gasteiger partial charge on any atom is 0.231 e. The summed E-state index contributed by atoms with van der Waals surface area (Å²) in [6, 6.07) is 0. The van der Waals surface area contributed by atoms with Crippen LogP contribution in [-0.2, 0) is 9.59 Å². The molecule has 0 atom stereocenters. The number of hydrogen-bond acceptors (Lipinski definition) is 3. The number of hydrogen-bond donors (Lipinski definition) is 1. The maximum absolute atomic E-state index is 10.9. The molecule has 0 spiro atoms. The van der Waals surface area contributed by atoms with Gasteiger partial charge in [-0.3, -0.25) is 9.59 Å². The van der Waals surface area contributed by atoms with E-state index in [9.17, 15) is 9.59 Å². The molecular formula is C7H10Cl2O3. The Bertz CT molecular complexity index is 168. The van der Waals surface area contributed by atoms with Crippen molar-refractivity contribution in [1.29, 1.82) is 0 Å². The number of unbranched alkanes of at least 4 members (excludes halogenated alkanes) is 1. The van der Waals surface area contributed by atoms with Gasteiger partial charge in [-0.2, -0.15) is 0 Å². The van der Waals surface area contributed by atoms with Gasteiger partial charge in [-0.15, -0.1) is 0 Å². The third-order valence-electron chi connectivity index (χ3n) is 1.28. The summed E-state index contributed by atoms with van der Waals surface area (Å²) in [5.41, 5.74) is 0. The van der Waals surface area contributed by atoms with E-state index in [1.165, 1.54) is 0 Å². The van der Waals surface area contributed by atoms with Crippen molar-refractivity contribution in [3.63, 3.8) is 0 Å². The molecule has 0 aliphatic heterocycles. The first-order valence-corrected chi connectivity index (χ1v) is 4.43. The number of carbonyl (C=O) groups is 2. The van der Waals surface area contributed by atoms with Gasteiger partial charge in [0, 0.05) is 13.0 Å². The van der Waals surface area contributed by atoms with Gasteiger partial charge in [0.25, 0.3) is 0 Å². The average Bonchev–Trinajstić information content (AvgIpc) is 2.03. The average molecular weight is 213 g/mol. The van der Waals surface area contributed by atoms with Crippen LogP contribution in [-0.4, -0.2) is 28.1 Å². The third kappa shape index (κ3) is 4.70. The molecule has 0 aromatic heterocycles. The molecule has 0 saturated heterocycles. The summed E-state index contributed by atoms with van der Waals surface area (Å²) in [5.74, 6) is -1.34. The van der Waals surface area contributed by atoms with E-state index in [2.05, 4.69) is 0 Å². The van der Waals surface area contributed by atoms with Gasteiger partial charge < -0.3 is 5.11 Å². The number of carbonyl (C=O) groups excluding carboxylic acids is 2. The highest BCUT2D eigenvalue weighted by molar-refractivity contribution is 6.63. The number of Topliss-reactive ketones (excluding diaryl/α,β-unsaturated/α-hetero) is 2.